The van der Waals surface area contributed by atoms with Crippen LogP contribution >= 0.6 is 0 Å². The van der Waals surface area contributed by atoms with E-state index in [1.807, 2.05) is 6.07 Å². The fourth-order valence-corrected chi connectivity index (χ4v) is 2.09. The van der Waals surface area contributed by atoms with Crippen molar-refractivity contribution < 1.29 is 4.74 Å². The van der Waals surface area contributed by atoms with Crippen molar-refractivity contribution in [3.63, 3.8) is 0 Å². The van der Waals surface area contributed by atoms with Gasteiger partial charge in [0.15, 0.2) is 5.65 Å². The van der Waals surface area contributed by atoms with E-state index in [9.17, 15) is 0 Å². The van der Waals surface area contributed by atoms with E-state index in [2.05, 4.69) is 15.2 Å². The second-order valence-corrected chi connectivity index (χ2v) is 3.97. The zero-order valence-corrected chi connectivity index (χ0v) is 8.66. The minimum atomic E-state index is 0.594. The Labute approximate surface area is 87.7 Å². The van der Waals surface area contributed by atoms with Crippen molar-refractivity contribution in [1.82, 2.24) is 15.2 Å². The van der Waals surface area contributed by atoms with Gasteiger partial charge in [0, 0.05) is 12.1 Å². The summed E-state index contributed by atoms with van der Waals surface area (Å²) in [6.07, 6.45) is 5.52. The molecule has 1 aliphatic rings. The summed E-state index contributed by atoms with van der Waals surface area (Å²) in [5.74, 6) is 1.47. The second-order valence-electron chi connectivity index (χ2n) is 3.97. The number of fused-ring (bicyclic) bond motifs is 1. The third-order valence-electron chi connectivity index (χ3n) is 3.16. The highest BCUT2D eigenvalue weighted by atomic mass is 16.5. The van der Waals surface area contributed by atoms with Gasteiger partial charge in [-0.3, -0.25) is 5.10 Å². The summed E-state index contributed by atoms with van der Waals surface area (Å²) in [5.41, 5.74) is 1.96. The average molecular weight is 203 g/mol. The van der Waals surface area contributed by atoms with E-state index in [0.717, 1.165) is 22.5 Å². The number of H-pyrrole nitrogens is 1. The maximum absolute atomic E-state index is 5.35. The van der Waals surface area contributed by atoms with E-state index in [4.69, 9.17) is 4.74 Å². The van der Waals surface area contributed by atoms with E-state index >= 15 is 0 Å². The molecule has 0 amide bonds. The highest BCUT2D eigenvalue weighted by Crippen LogP contribution is 2.40. The summed E-state index contributed by atoms with van der Waals surface area (Å²) in [7, 11) is 1.69. The van der Waals surface area contributed by atoms with Gasteiger partial charge in [-0.1, -0.05) is 6.42 Å². The molecule has 0 unspecified atom stereocenters. The van der Waals surface area contributed by atoms with Crippen LogP contribution < -0.4 is 4.74 Å². The third-order valence-corrected chi connectivity index (χ3v) is 3.16. The van der Waals surface area contributed by atoms with Gasteiger partial charge in [-0.15, -0.1) is 0 Å². The van der Waals surface area contributed by atoms with Crippen LogP contribution in [0, 0.1) is 0 Å². The smallest absolute Gasteiger partial charge is 0.159 e. The molecule has 2 heterocycles. The van der Waals surface area contributed by atoms with Crippen molar-refractivity contribution in [2.75, 3.05) is 7.11 Å². The molecule has 78 valence electrons. The number of hydrogen-bond acceptors (Lipinski definition) is 3. The minimum Gasteiger partial charge on any atom is -0.496 e. The van der Waals surface area contributed by atoms with Gasteiger partial charge in [-0.25, -0.2) is 4.98 Å². The predicted octanol–water partition coefficient (Wildman–Crippen LogP) is 2.23. The molecule has 15 heavy (non-hydrogen) atoms. The highest BCUT2D eigenvalue weighted by Gasteiger charge is 2.25. The Morgan fingerprint density at radius 2 is 2.33 bits per heavy atom. The van der Waals surface area contributed by atoms with Crippen molar-refractivity contribution >= 4 is 11.0 Å². The first kappa shape index (κ1) is 8.71. The zero-order chi connectivity index (χ0) is 10.3. The Bertz CT molecular complexity index is 488. The molecular weight excluding hydrogens is 190 g/mol. The van der Waals surface area contributed by atoms with Crippen molar-refractivity contribution in [3.05, 3.63) is 18.0 Å². The Morgan fingerprint density at radius 1 is 1.47 bits per heavy atom. The summed E-state index contributed by atoms with van der Waals surface area (Å²) in [6.45, 7) is 0. The van der Waals surface area contributed by atoms with Crippen molar-refractivity contribution in [2.24, 2.45) is 0 Å². The van der Waals surface area contributed by atoms with E-state index in [0.29, 0.717) is 5.92 Å². The van der Waals surface area contributed by atoms with E-state index < -0.39 is 0 Å². The number of pyridine rings is 1. The molecule has 2 aromatic rings. The predicted molar refractivity (Wildman–Crippen MR) is 57.0 cm³/mol. The zero-order valence-electron chi connectivity index (χ0n) is 8.66. The molecule has 0 aliphatic heterocycles. The van der Waals surface area contributed by atoms with Crippen LogP contribution in [0.4, 0.5) is 0 Å². The number of methoxy groups -OCH3 is 1. The molecule has 0 aromatic carbocycles. The van der Waals surface area contributed by atoms with Crippen LogP contribution in [-0.2, 0) is 0 Å². The van der Waals surface area contributed by atoms with Crippen LogP contribution in [0.5, 0.6) is 5.75 Å². The lowest BCUT2D eigenvalue weighted by Crippen LogP contribution is -2.09. The van der Waals surface area contributed by atoms with Crippen LogP contribution in [-0.4, -0.2) is 22.3 Å². The monoisotopic (exact) mass is 203 g/mol. The number of ether oxygens (including phenoxy) is 1. The van der Waals surface area contributed by atoms with E-state index in [1.54, 1.807) is 13.3 Å². The SMILES string of the molecule is COc1ccnc2[nH]nc(C3CCC3)c12. The lowest BCUT2D eigenvalue weighted by Gasteiger charge is -2.23. The quantitative estimate of drug-likeness (QED) is 0.814. The van der Waals surface area contributed by atoms with Gasteiger partial charge in [-0.05, 0) is 18.9 Å². The van der Waals surface area contributed by atoms with Crippen molar-refractivity contribution in [2.45, 2.75) is 25.2 Å². The first-order chi connectivity index (χ1) is 7.40. The maximum atomic E-state index is 5.35. The number of rotatable bonds is 2. The maximum Gasteiger partial charge on any atom is 0.159 e. The molecule has 0 saturated heterocycles. The molecule has 4 heteroatoms. The number of nitrogens with zero attached hydrogens (tertiary/aromatic N) is 2. The van der Waals surface area contributed by atoms with Crippen molar-refractivity contribution in [1.29, 1.82) is 0 Å². The summed E-state index contributed by atoms with van der Waals surface area (Å²) < 4.78 is 5.35. The average Bonchev–Trinajstić information content (AvgIpc) is 2.59. The third kappa shape index (κ3) is 1.21. The van der Waals surface area contributed by atoms with Gasteiger partial charge < -0.3 is 4.74 Å². The molecule has 1 N–H and O–H groups in total. The first-order valence-electron chi connectivity index (χ1n) is 5.27. The lowest BCUT2D eigenvalue weighted by molar-refractivity contribution is 0.405. The topological polar surface area (TPSA) is 50.8 Å². The largest absolute Gasteiger partial charge is 0.496 e. The molecule has 4 nitrogen and oxygen atoms in total. The molecule has 0 spiro atoms. The van der Waals surface area contributed by atoms with Crippen LogP contribution in [0.1, 0.15) is 30.9 Å². The van der Waals surface area contributed by atoms with Gasteiger partial charge in [0.1, 0.15) is 5.75 Å². The molecule has 0 atom stereocenters. The number of nitrogens with one attached hydrogen (secondary N) is 1. The molecule has 2 aromatic heterocycles. The highest BCUT2D eigenvalue weighted by molar-refractivity contribution is 5.85. The van der Waals surface area contributed by atoms with Gasteiger partial charge >= 0.3 is 0 Å². The number of aromatic nitrogens is 3. The molecule has 3 rings (SSSR count). The van der Waals surface area contributed by atoms with E-state index in [1.165, 1.54) is 19.3 Å². The Hall–Kier alpha value is -1.58. The summed E-state index contributed by atoms with van der Waals surface area (Å²) in [4.78, 5) is 4.25. The summed E-state index contributed by atoms with van der Waals surface area (Å²) in [6, 6.07) is 1.89. The molecular formula is C11H13N3O. The summed E-state index contributed by atoms with van der Waals surface area (Å²) in [5, 5.41) is 8.39. The minimum absolute atomic E-state index is 0.594. The fraction of sp³-hybridized carbons (Fsp3) is 0.455. The molecule has 1 fully saturated rings. The van der Waals surface area contributed by atoms with Crippen molar-refractivity contribution in [3.8, 4) is 5.75 Å². The number of hydrogen-bond donors (Lipinski definition) is 1. The Kier molecular flexibility index (Phi) is 1.87. The Morgan fingerprint density at radius 3 is 3.00 bits per heavy atom. The van der Waals surface area contributed by atoms with Crippen LogP contribution in [0.2, 0.25) is 0 Å². The van der Waals surface area contributed by atoms with Gasteiger partial charge in [-0.2, -0.15) is 5.10 Å². The molecule has 0 bridgehead atoms. The van der Waals surface area contributed by atoms with Gasteiger partial charge in [0.2, 0.25) is 0 Å². The molecule has 1 aliphatic carbocycles. The second kappa shape index (κ2) is 3.22. The summed E-state index contributed by atoms with van der Waals surface area (Å²) >= 11 is 0. The van der Waals surface area contributed by atoms with Crippen LogP contribution in [0.25, 0.3) is 11.0 Å². The normalized spacial score (nSPS) is 16.6. The Balaban J connectivity index is 2.20. The van der Waals surface area contributed by atoms with E-state index in [-0.39, 0.29) is 0 Å². The standard InChI is InChI=1S/C11H13N3O/c1-15-8-5-6-12-11-9(8)10(13-14-11)7-3-2-4-7/h5-7H,2-4H2,1H3,(H,12,13,14). The first-order valence-corrected chi connectivity index (χ1v) is 5.27. The molecule has 1 saturated carbocycles. The lowest BCUT2D eigenvalue weighted by atomic mass is 9.82. The van der Waals surface area contributed by atoms with Gasteiger partial charge in [0.05, 0.1) is 18.2 Å². The van der Waals surface area contributed by atoms with Gasteiger partial charge in [0.25, 0.3) is 0 Å². The molecule has 0 radical (unpaired) electrons. The fourth-order valence-electron chi connectivity index (χ4n) is 2.09. The van der Waals surface area contributed by atoms with Crippen LogP contribution in [0.15, 0.2) is 12.3 Å². The number of aromatic amines is 1. The van der Waals surface area contributed by atoms with Crippen LogP contribution in [0.3, 0.4) is 0 Å².